The molecule has 28 heavy (non-hydrogen) atoms. The number of methoxy groups -OCH3 is 1. The molecule has 2 aromatic rings. The summed E-state index contributed by atoms with van der Waals surface area (Å²) in [6.45, 7) is 3.10. The van der Waals surface area contributed by atoms with Gasteiger partial charge >= 0.3 is 6.18 Å². The highest BCUT2D eigenvalue weighted by atomic mass is 35.5. The normalized spacial score (nSPS) is 14.6. The van der Waals surface area contributed by atoms with E-state index in [0.29, 0.717) is 0 Å². The molecule has 1 unspecified atom stereocenters. The van der Waals surface area contributed by atoms with Gasteiger partial charge in [0.2, 0.25) is 0 Å². The van der Waals surface area contributed by atoms with Crippen LogP contribution < -0.4 is 10.5 Å². The molecule has 0 saturated carbocycles. The molecule has 0 fully saturated rings. The first kappa shape index (κ1) is 22.7. The van der Waals surface area contributed by atoms with E-state index in [1.165, 1.54) is 31.4 Å². The van der Waals surface area contributed by atoms with Crippen LogP contribution in [0.4, 0.5) is 17.6 Å². The van der Waals surface area contributed by atoms with Crippen LogP contribution >= 0.6 is 23.2 Å². The maximum atomic E-state index is 14.0. The molecule has 0 spiro atoms. The third-order valence-corrected chi connectivity index (χ3v) is 4.93. The van der Waals surface area contributed by atoms with Crippen molar-refractivity contribution in [1.82, 2.24) is 4.98 Å². The minimum atomic E-state index is -4.76. The third kappa shape index (κ3) is 5.07. The molecular formula is C19H20Cl2F4N2O. The Bertz CT molecular complexity index is 838. The molecule has 0 bridgehead atoms. The molecule has 2 N–H and O–H groups in total. The highest BCUT2D eigenvalue weighted by molar-refractivity contribution is 6.33. The van der Waals surface area contributed by atoms with Crippen LogP contribution in [0.15, 0.2) is 30.3 Å². The Morgan fingerprint density at radius 2 is 1.75 bits per heavy atom. The number of rotatable bonds is 6. The Morgan fingerprint density at radius 1 is 1.11 bits per heavy atom. The first-order chi connectivity index (χ1) is 12.8. The maximum absolute atomic E-state index is 14.0. The molecule has 0 radical (unpaired) electrons. The number of alkyl halides is 3. The Kier molecular flexibility index (Phi) is 6.53. The summed E-state index contributed by atoms with van der Waals surface area (Å²) < 4.78 is 60.9. The van der Waals surface area contributed by atoms with Gasteiger partial charge in [-0.05, 0) is 42.2 Å². The number of nitrogens with two attached hydrogens (primary N) is 1. The van der Waals surface area contributed by atoms with E-state index in [4.69, 9.17) is 33.7 Å². The lowest BCUT2D eigenvalue weighted by atomic mass is 9.72. The fourth-order valence-electron chi connectivity index (χ4n) is 3.29. The van der Waals surface area contributed by atoms with Crippen LogP contribution in [-0.2, 0) is 11.8 Å². The molecule has 3 nitrogen and oxygen atoms in total. The molecule has 9 heteroatoms. The molecular weight excluding hydrogens is 419 g/mol. The second kappa shape index (κ2) is 8.05. The SMILES string of the molecule is COc1ccc(F)cc1C(C)(C)CC(N)(Cc1cc(Cl)cc(Cl)n1)C(F)(F)F. The fraction of sp³-hybridized carbons (Fsp3) is 0.421. The molecule has 1 aromatic carbocycles. The average Bonchev–Trinajstić information content (AvgIpc) is 2.52. The van der Waals surface area contributed by atoms with E-state index in [1.807, 2.05) is 0 Å². The number of pyridine rings is 1. The van der Waals surface area contributed by atoms with Crippen LogP contribution in [0, 0.1) is 5.82 Å². The van der Waals surface area contributed by atoms with Gasteiger partial charge in [-0.1, -0.05) is 37.0 Å². The molecule has 1 aromatic heterocycles. The van der Waals surface area contributed by atoms with E-state index in [0.717, 1.165) is 6.07 Å². The van der Waals surface area contributed by atoms with Crippen molar-refractivity contribution >= 4 is 23.2 Å². The predicted octanol–water partition coefficient (Wildman–Crippen LogP) is 5.71. The van der Waals surface area contributed by atoms with Gasteiger partial charge < -0.3 is 10.5 Å². The van der Waals surface area contributed by atoms with Gasteiger partial charge in [-0.15, -0.1) is 0 Å². The quantitative estimate of drug-likeness (QED) is 0.464. The summed E-state index contributed by atoms with van der Waals surface area (Å²) in [5.74, 6) is -0.304. The lowest BCUT2D eigenvalue weighted by Gasteiger charge is -2.39. The molecule has 0 amide bonds. The Balaban J connectivity index is 2.47. The molecule has 2 rings (SSSR count). The number of hydrogen-bond acceptors (Lipinski definition) is 3. The minimum absolute atomic E-state index is 0.0133. The van der Waals surface area contributed by atoms with Crippen molar-refractivity contribution in [2.45, 2.75) is 43.8 Å². The van der Waals surface area contributed by atoms with Gasteiger partial charge in [0, 0.05) is 22.7 Å². The van der Waals surface area contributed by atoms with E-state index in [2.05, 4.69) is 4.98 Å². The summed E-state index contributed by atoms with van der Waals surface area (Å²) in [7, 11) is 1.37. The molecule has 0 aliphatic rings. The van der Waals surface area contributed by atoms with Crippen LogP contribution in [0.25, 0.3) is 0 Å². The molecule has 0 aliphatic heterocycles. The highest BCUT2D eigenvalue weighted by Gasteiger charge is 2.54. The average molecular weight is 439 g/mol. The molecule has 1 heterocycles. The Labute approximate surface area is 170 Å². The number of benzene rings is 1. The standard InChI is InChI=1S/C19H20Cl2F4N2O/c1-17(2,14-8-12(22)4-5-15(14)28-3)10-18(26,19(23,24)25)9-13-6-11(20)7-16(21)27-13/h4-8H,9-10,26H2,1-3H3. The van der Waals surface area contributed by atoms with Gasteiger partial charge in [0.25, 0.3) is 0 Å². The van der Waals surface area contributed by atoms with Crippen LogP contribution in [0.1, 0.15) is 31.5 Å². The van der Waals surface area contributed by atoms with Crippen molar-refractivity contribution < 1.29 is 22.3 Å². The predicted molar refractivity (Wildman–Crippen MR) is 102 cm³/mol. The smallest absolute Gasteiger partial charge is 0.406 e. The summed E-state index contributed by atoms with van der Waals surface area (Å²) in [6.07, 6.45) is -5.95. The van der Waals surface area contributed by atoms with E-state index in [-0.39, 0.29) is 27.2 Å². The van der Waals surface area contributed by atoms with Crippen molar-refractivity contribution in [2.75, 3.05) is 7.11 Å². The van der Waals surface area contributed by atoms with Crippen molar-refractivity contribution in [1.29, 1.82) is 0 Å². The lowest BCUT2D eigenvalue weighted by Crippen LogP contribution is -2.58. The van der Waals surface area contributed by atoms with Gasteiger partial charge in [0.15, 0.2) is 0 Å². The van der Waals surface area contributed by atoms with Crippen LogP contribution in [-0.4, -0.2) is 23.8 Å². The number of aromatic nitrogens is 1. The van der Waals surface area contributed by atoms with Crippen LogP contribution in [0.5, 0.6) is 5.75 Å². The highest BCUT2D eigenvalue weighted by Crippen LogP contribution is 2.44. The zero-order chi connectivity index (χ0) is 21.3. The topological polar surface area (TPSA) is 48.1 Å². The van der Waals surface area contributed by atoms with Crippen LogP contribution in [0.2, 0.25) is 10.2 Å². The van der Waals surface area contributed by atoms with Crippen molar-refractivity contribution in [3.05, 3.63) is 57.6 Å². The van der Waals surface area contributed by atoms with E-state index in [9.17, 15) is 17.6 Å². The second-order valence-corrected chi connectivity index (χ2v) is 8.16. The summed E-state index contributed by atoms with van der Waals surface area (Å²) in [5, 5.41) is 0.128. The van der Waals surface area contributed by atoms with Gasteiger partial charge in [-0.25, -0.2) is 9.37 Å². The zero-order valence-electron chi connectivity index (χ0n) is 15.5. The fourth-order valence-corrected chi connectivity index (χ4v) is 3.80. The van der Waals surface area contributed by atoms with E-state index in [1.54, 1.807) is 13.8 Å². The van der Waals surface area contributed by atoms with Crippen molar-refractivity contribution in [3.63, 3.8) is 0 Å². The van der Waals surface area contributed by atoms with Gasteiger partial charge in [0.1, 0.15) is 22.3 Å². The largest absolute Gasteiger partial charge is 0.496 e. The summed E-state index contributed by atoms with van der Waals surface area (Å²) in [6, 6.07) is 6.31. The second-order valence-electron chi connectivity index (χ2n) is 7.34. The Hall–Kier alpha value is -1.57. The number of ether oxygens (including phenoxy) is 1. The number of halogens is 6. The van der Waals surface area contributed by atoms with Gasteiger partial charge in [-0.3, -0.25) is 0 Å². The summed E-state index contributed by atoms with van der Waals surface area (Å²) >= 11 is 11.7. The number of hydrogen-bond donors (Lipinski definition) is 1. The van der Waals surface area contributed by atoms with Gasteiger partial charge in [-0.2, -0.15) is 13.2 Å². The molecule has 0 aliphatic carbocycles. The zero-order valence-corrected chi connectivity index (χ0v) is 17.0. The van der Waals surface area contributed by atoms with Crippen LogP contribution in [0.3, 0.4) is 0 Å². The van der Waals surface area contributed by atoms with E-state index < -0.39 is 35.8 Å². The lowest BCUT2D eigenvalue weighted by molar-refractivity contribution is -0.191. The summed E-state index contributed by atoms with van der Waals surface area (Å²) in [4.78, 5) is 3.90. The molecule has 1 atom stereocenters. The monoisotopic (exact) mass is 438 g/mol. The van der Waals surface area contributed by atoms with Crippen molar-refractivity contribution in [2.24, 2.45) is 5.73 Å². The van der Waals surface area contributed by atoms with E-state index >= 15 is 0 Å². The third-order valence-electron chi connectivity index (χ3n) is 4.52. The number of nitrogens with zero attached hydrogens (tertiary/aromatic N) is 1. The first-order valence-corrected chi connectivity index (χ1v) is 9.05. The van der Waals surface area contributed by atoms with Crippen molar-refractivity contribution in [3.8, 4) is 5.75 Å². The Morgan fingerprint density at radius 3 is 2.29 bits per heavy atom. The summed E-state index contributed by atoms with van der Waals surface area (Å²) in [5.41, 5.74) is 2.35. The molecule has 0 saturated heterocycles. The van der Waals surface area contributed by atoms with Gasteiger partial charge in [0.05, 0.1) is 7.11 Å². The maximum Gasteiger partial charge on any atom is 0.406 e. The minimum Gasteiger partial charge on any atom is -0.496 e. The molecule has 154 valence electrons. The first-order valence-electron chi connectivity index (χ1n) is 8.29.